The van der Waals surface area contributed by atoms with Gasteiger partial charge in [0, 0.05) is 17.9 Å². The molecule has 0 unspecified atom stereocenters. The third kappa shape index (κ3) is 1.89. The van der Waals surface area contributed by atoms with Crippen molar-refractivity contribution < 1.29 is 0 Å². The molecule has 3 aliphatic carbocycles. The summed E-state index contributed by atoms with van der Waals surface area (Å²) in [5.74, 6) is 0.594. The van der Waals surface area contributed by atoms with Gasteiger partial charge in [-0.1, -0.05) is 60.7 Å². The van der Waals surface area contributed by atoms with Crippen molar-refractivity contribution in [2.45, 2.75) is 24.2 Å². The van der Waals surface area contributed by atoms with Crippen molar-refractivity contribution in [3.05, 3.63) is 82.9 Å². The summed E-state index contributed by atoms with van der Waals surface area (Å²) >= 11 is 0. The monoisotopic (exact) mass is 289 g/mol. The van der Waals surface area contributed by atoms with Gasteiger partial charge >= 0.3 is 0 Å². The normalized spacial score (nSPS) is 25.5. The second-order valence-electron chi connectivity index (χ2n) is 6.90. The summed E-state index contributed by atoms with van der Waals surface area (Å²) in [6.45, 7) is 0.996. The molecule has 0 N–H and O–H groups in total. The number of benzene rings is 2. The summed E-state index contributed by atoms with van der Waals surface area (Å²) in [5.41, 5.74) is 6.22. The Kier molecular flexibility index (Phi) is 3.19. The molecule has 112 valence electrons. The van der Waals surface area contributed by atoms with Crippen LogP contribution in [0.15, 0.2) is 60.7 Å². The Morgan fingerprint density at radius 2 is 1.59 bits per heavy atom. The summed E-state index contributed by atoms with van der Waals surface area (Å²) in [6, 6.07) is 18.1. The van der Waals surface area contributed by atoms with Crippen molar-refractivity contribution in [1.82, 2.24) is 4.90 Å². The quantitative estimate of drug-likeness (QED) is 0.760. The van der Waals surface area contributed by atoms with E-state index in [1.807, 2.05) is 0 Å². The van der Waals surface area contributed by atoms with Gasteiger partial charge in [0.1, 0.15) is 0 Å². The Morgan fingerprint density at radius 3 is 2.18 bits per heavy atom. The summed E-state index contributed by atoms with van der Waals surface area (Å²) in [7, 11) is 4.25. The molecular weight excluding hydrogens is 266 g/mol. The molecular formula is C21H23N. The number of fused-ring (bicyclic) bond motifs is 1. The van der Waals surface area contributed by atoms with Crippen molar-refractivity contribution in [1.29, 1.82) is 0 Å². The average Bonchev–Trinajstić information content (AvgIpc) is 2.55. The topological polar surface area (TPSA) is 3.24 Å². The molecule has 0 aromatic heterocycles. The van der Waals surface area contributed by atoms with E-state index >= 15 is 0 Å². The molecule has 0 fully saturated rings. The maximum atomic E-state index is 2.47. The van der Waals surface area contributed by atoms with E-state index in [4.69, 9.17) is 0 Å². The van der Waals surface area contributed by atoms with Crippen molar-refractivity contribution >= 4 is 0 Å². The van der Waals surface area contributed by atoms with Gasteiger partial charge in [0.15, 0.2) is 0 Å². The van der Waals surface area contributed by atoms with Gasteiger partial charge in [-0.05, 0) is 49.2 Å². The molecule has 0 amide bonds. The van der Waals surface area contributed by atoms with Crippen LogP contribution in [0, 0.1) is 0 Å². The molecule has 0 radical (unpaired) electrons. The van der Waals surface area contributed by atoms with Gasteiger partial charge in [0.2, 0.25) is 0 Å². The molecule has 0 aliphatic heterocycles. The third-order valence-electron chi connectivity index (χ3n) is 5.33. The van der Waals surface area contributed by atoms with Gasteiger partial charge in [-0.2, -0.15) is 0 Å². The minimum Gasteiger partial charge on any atom is -0.306 e. The summed E-state index contributed by atoms with van der Waals surface area (Å²) in [4.78, 5) is 2.22. The minimum atomic E-state index is 0.0813. The van der Waals surface area contributed by atoms with Gasteiger partial charge in [-0.3, -0.25) is 0 Å². The third-order valence-corrected chi connectivity index (χ3v) is 5.33. The highest BCUT2D eigenvalue weighted by atomic mass is 15.0. The molecule has 1 heteroatoms. The molecule has 2 aromatic carbocycles. The van der Waals surface area contributed by atoms with E-state index in [0.29, 0.717) is 5.92 Å². The highest BCUT2D eigenvalue weighted by Crippen LogP contribution is 2.56. The van der Waals surface area contributed by atoms with Crippen LogP contribution >= 0.6 is 0 Å². The summed E-state index contributed by atoms with van der Waals surface area (Å²) < 4.78 is 0. The van der Waals surface area contributed by atoms with E-state index in [1.54, 1.807) is 11.1 Å². The highest BCUT2D eigenvalue weighted by molar-refractivity contribution is 5.61. The fourth-order valence-electron chi connectivity index (χ4n) is 4.41. The number of rotatable bonds is 3. The van der Waals surface area contributed by atoms with Crippen molar-refractivity contribution in [3.8, 4) is 0 Å². The lowest BCUT2D eigenvalue weighted by molar-refractivity contribution is 0.430. The van der Waals surface area contributed by atoms with Crippen molar-refractivity contribution in [2.75, 3.05) is 20.6 Å². The number of hydrogen-bond donors (Lipinski definition) is 0. The van der Waals surface area contributed by atoms with Crippen molar-refractivity contribution in [3.63, 3.8) is 0 Å². The van der Waals surface area contributed by atoms with Crippen LogP contribution in [0.5, 0.6) is 0 Å². The lowest BCUT2D eigenvalue weighted by Gasteiger charge is -2.48. The van der Waals surface area contributed by atoms with Gasteiger partial charge in [-0.15, -0.1) is 0 Å². The van der Waals surface area contributed by atoms with E-state index in [9.17, 15) is 0 Å². The SMILES string of the molecule is CN(C)CC=CC12CCC(c3ccccc31)c1ccccc12. The number of allylic oxidation sites excluding steroid dienone is 1. The van der Waals surface area contributed by atoms with E-state index in [2.05, 4.69) is 79.7 Å². The van der Waals surface area contributed by atoms with Crippen molar-refractivity contribution in [2.24, 2.45) is 0 Å². The number of likely N-dealkylation sites (N-methyl/N-ethyl adjacent to an activating group) is 1. The Balaban J connectivity index is 1.91. The maximum absolute atomic E-state index is 2.47. The maximum Gasteiger partial charge on any atom is 0.0388 e. The molecule has 1 nitrogen and oxygen atoms in total. The second-order valence-corrected chi connectivity index (χ2v) is 6.90. The Bertz CT molecular complexity index is 679. The first-order valence-corrected chi connectivity index (χ1v) is 8.23. The highest BCUT2D eigenvalue weighted by Gasteiger charge is 2.46. The lowest BCUT2D eigenvalue weighted by atomic mass is 9.55. The van der Waals surface area contributed by atoms with Crippen LogP contribution in [0.2, 0.25) is 0 Å². The fraction of sp³-hybridized carbons (Fsp3) is 0.333. The molecule has 0 atom stereocenters. The fourth-order valence-corrected chi connectivity index (χ4v) is 4.41. The van der Waals surface area contributed by atoms with Crippen LogP contribution in [-0.4, -0.2) is 25.5 Å². The first-order chi connectivity index (χ1) is 10.7. The van der Waals surface area contributed by atoms with Crippen LogP contribution in [0.1, 0.15) is 41.0 Å². The minimum absolute atomic E-state index is 0.0813. The van der Waals surface area contributed by atoms with E-state index in [0.717, 1.165) is 6.54 Å². The Labute approximate surface area is 133 Å². The molecule has 3 aliphatic rings. The smallest absolute Gasteiger partial charge is 0.0388 e. The largest absolute Gasteiger partial charge is 0.306 e. The molecule has 2 aromatic rings. The number of nitrogens with zero attached hydrogens (tertiary/aromatic N) is 1. The molecule has 22 heavy (non-hydrogen) atoms. The van der Waals surface area contributed by atoms with Crippen LogP contribution in [0.4, 0.5) is 0 Å². The van der Waals surface area contributed by atoms with E-state index < -0.39 is 0 Å². The van der Waals surface area contributed by atoms with Gasteiger partial charge in [-0.25, -0.2) is 0 Å². The zero-order chi connectivity index (χ0) is 15.2. The number of hydrogen-bond acceptors (Lipinski definition) is 1. The zero-order valence-corrected chi connectivity index (χ0v) is 13.4. The van der Waals surface area contributed by atoms with Gasteiger partial charge in [0.05, 0.1) is 0 Å². The average molecular weight is 289 g/mol. The Hall–Kier alpha value is -1.86. The summed E-state index contributed by atoms with van der Waals surface area (Å²) in [5, 5.41) is 0. The lowest BCUT2D eigenvalue weighted by Crippen LogP contribution is -2.38. The molecule has 0 heterocycles. The Morgan fingerprint density at radius 1 is 1.00 bits per heavy atom. The predicted octanol–water partition coefficient (Wildman–Crippen LogP) is 4.33. The summed E-state index contributed by atoms with van der Waals surface area (Å²) in [6.07, 6.45) is 7.31. The first-order valence-electron chi connectivity index (χ1n) is 8.23. The molecule has 5 rings (SSSR count). The molecule has 2 bridgehead atoms. The molecule has 0 spiro atoms. The van der Waals surface area contributed by atoms with E-state index in [-0.39, 0.29) is 5.41 Å². The predicted molar refractivity (Wildman–Crippen MR) is 92.4 cm³/mol. The first kappa shape index (κ1) is 13.8. The van der Waals surface area contributed by atoms with Gasteiger partial charge in [0.25, 0.3) is 0 Å². The van der Waals surface area contributed by atoms with E-state index in [1.165, 1.54) is 24.0 Å². The van der Waals surface area contributed by atoms with Gasteiger partial charge < -0.3 is 4.90 Å². The second kappa shape index (κ2) is 5.10. The van der Waals surface area contributed by atoms with Crippen LogP contribution < -0.4 is 0 Å². The van der Waals surface area contributed by atoms with Crippen LogP contribution in [0.3, 0.4) is 0 Å². The molecule has 0 saturated carbocycles. The standard InChI is InChI=1S/C21H23N/c1-22(2)15-7-13-21-14-12-16(17-8-3-5-10-19(17)21)18-9-4-6-11-20(18)21/h3-11,13,16H,12,14-15H2,1-2H3. The van der Waals surface area contributed by atoms with Crippen LogP contribution in [0.25, 0.3) is 0 Å². The zero-order valence-electron chi connectivity index (χ0n) is 13.4. The molecule has 0 saturated heterocycles. The van der Waals surface area contributed by atoms with Crippen LogP contribution in [-0.2, 0) is 5.41 Å².